The third kappa shape index (κ3) is 2.21. The lowest BCUT2D eigenvalue weighted by Gasteiger charge is -2.25. The molecule has 0 bridgehead atoms. The van der Waals surface area contributed by atoms with Crippen molar-refractivity contribution in [1.29, 1.82) is 0 Å². The van der Waals surface area contributed by atoms with Crippen LogP contribution in [0.5, 0.6) is 0 Å². The van der Waals surface area contributed by atoms with E-state index in [4.69, 9.17) is 0 Å². The Morgan fingerprint density at radius 1 is 0.667 bits per heavy atom. The second-order valence-corrected chi connectivity index (χ2v) is 6.75. The number of benzene rings is 2. The molecule has 0 aliphatic heterocycles. The first kappa shape index (κ1) is 13.1. The summed E-state index contributed by atoms with van der Waals surface area (Å²) in [6, 6.07) is 11.7. The number of fused-ring (bicyclic) bond motifs is 2. The zero-order valence-corrected chi connectivity index (χ0v) is 13.0. The number of hydrogen-bond donors (Lipinski definition) is 0. The molecule has 0 saturated heterocycles. The average molecular weight is 276 g/mol. The van der Waals surface area contributed by atoms with Gasteiger partial charge in [0.1, 0.15) is 0 Å². The second kappa shape index (κ2) is 5.33. The van der Waals surface area contributed by atoms with Crippen LogP contribution in [0.15, 0.2) is 30.3 Å². The van der Waals surface area contributed by atoms with Crippen LogP contribution in [0.1, 0.15) is 53.5 Å². The van der Waals surface area contributed by atoms with E-state index >= 15 is 0 Å². The summed E-state index contributed by atoms with van der Waals surface area (Å²) in [5, 5.41) is 0. The van der Waals surface area contributed by atoms with Crippen LogP contribution >= 0.6 is 0 Å². The van der Waals surface area contributed by atoms with Crippen LogP contribution in [0.3, 0.4) is 0 Å². The highest BCUT2D eigenvalue weighted by Gasteiger charge is 2.20. The van der Waals surface area contributed by atoms with Gasteiger partial charge in [0, 0.05) is 0 Å². The largest absolute Gasteiger partial charge is 0.0614 e. The molecule has 0 aromatic heterocycles. The molecule has 0 unspecified atom stereocenters. The summed E-state index contributed by atoms with van der Waals surface area (Å²) >= 11 is 0. The molecule has 0 nitrogen and oxygen atoms in total. The first-order chi connectivity index (χ1) is 10.3. The molecule has 0 fully saturated rings. The van der Waals surface area contributed by atoms with Crippen LogP contribution < -0.4 is 0 Å². The van der Waals surface area contributed by atoms with Crippen molar-refractivity contribution in [1.82, 2.24) is 0 Å². The summed E-state index contributed by atoms with van der Waals surface area (Å²) in [5.41, 5.74) is 11.1. The lowest BCUT2D eigenvalue weighted by Crippen LogP contribution is -2.09. The molecule has 0 atom stereocenters. The van der Waals surface area contributed by atoms with Gasteiger partial charge in [-0.05, 0) is 97.2 Å². The third-order valence-electron chi connectivity index (χ3n) is 5.41. The van der Waals surface area contributed by atoms with E-state index in [0.29, 0.717) is 0 Å². The minimum Gasteiger partial charge on any atom is -0.0614 e. The topological polar surface area (TPSA) is 0 Å². The number of aryl methyl sites for hydroxylation is 3. The fourth-order valence-corrected chi connectivity index (χ4v) is 4.34. The molecule has 21 heavy (non-hydrogen) atoms. The minimum absolute atomic E-state index is 1.27. The first-order valence-electron chi connectivity index (χ1n) is 8.57. The quantitative estimate of drug-likeness (QED) is 0.652. The predicted molar refractivity (Wildman–Crippen MR) is 89.9 cm³/mol. The molecule has 0 radical (unpaired) electrons. The maximum Gasteiger partial charge on any atom is -0.0117 e. The number of rotatable bonds is 1. The lowest BCUT2D eigenvalue weighted by atomic mass is 9.79. The molecule has 2 aliphatic carbocycles. The van der Waals surface area contributed by atoms with Gasteiger partial charge in [0.05, 0.1) is 0 Å². The Morgan fingerprint density at radius 2 is 1.33 bits per heavy atom. The molecule has 2 aromatic rings. The van der Waals surface area contributed by atoms with Crippen molar-refractivity contribution in [3.63, 3.8) is 0 Å². The van der Waals surface area contributed by atoms with E-state index in [1.54, 1.807) is 33.4 Å². The van der Waals surface area contributed by atoms with Crippen molar-refractivity contribution < 1.29 is 0 Å². The minimum atomic E-state index is 1.27. The molecule has 2 aromatic carbocycles. The predicted octanol–water partition coefficient (Wildman–Crippen LogP) is 5.42. The lowest BCUT2D eigenvalue weighted by molar-refractivity contribution is 0.681. The summed E-state index contributed by atoms with van der Waals surface area (Å²) in [5.74, 6) is 0. The van der Waals surface area contributed by atoms with Crippen molar-refractivity contribution in [3.05, 3.63) is 58.1 Å². The Labute approximate surface area is 128 Å². The molecule has 4 rings (SSSR count). The van der Waals surface area contributed by atoms with Gasteiger partial charge in [-0.15, -0.1) is 0 Å². The van der Waals surface area contributed by atoms with E-state index in [0.717, 1.165) is 0 Å². The molecule has 0 amide bonds. The Hall–Kier alpha value is -1.56. The van der Waals surface area contributed by atoms with Crippen molar-refractivity contribution in [2.75, 3.05) is 0 Å². The third-order valence-corrected chi connectivity index (χ3v) is 5.41. The van der Waals surface area contributed by atoms with Crippen molar-refractivity contribution in [2.45, 2.75) is 58.3 Å². The molecule has 108 valence electrons. The molecular weight excluding hydrogens is 252 g/mol. The van der Waals surface area contributed by atoms with E-state index in [-0.39, 0.29) is 0 Å². The average Bonchev–Trinajstić information content (AvgIpc) is 2.54. The summed E-state index contributed by atoms with van der Waals surface area (Å²) in [6.45, 7) is 2.30. The van der Waals surface area contributed by atoms with Gasteiger partial charge in [0.2, 0.25) is 0 Å². The van der Waals surface area contributed by atoms with Gasteiger partial charge in [-0.1, -0.05) is 30.3 Å². The van der Waals surface area contributed by atoms with Crippen LogP contribution in [0, 0.1) is 6.92 Å². The summed E-state index contributed by atoms with van der Waals surface area (Å²) in [7, 11) is 0. The van der Waals surface area contributed by atoms with Gasteiger partial charge >= 0.3 is 0 Å². The van der Waals surface area contributed by atoms with Gasteiger partial charge in [0.15, 0.2) is 0 Å². The molecule has 0 heterocycles. The Balaban J connectivity index is 1.95. The summed E-state index contributed by atoms with van der Waals surface area (Å²) in [6.07, 6.45) is 10.5. The highest BCUT2D eigenvalue weighted by Crippen LogP contribution is 2.38. The second-order valence-electron chi connectivity index (χ2n) is 6.75. The van der Waals surface area contributed by atoms with E-state index in [1.807, 2.05) is 0 Å². The van der Waals surface area contributed by atoms with Gasteiger partial charge in [-0.25, -0.2) is 0 Å². The molecule has 0 spiro atoms. The fraction of sp³-hybridized carbons (Fsp3) is 0.429. The van der Waals surface area contributed by atoms with Gasteiger partial charge in [-0.2, -0.15) is 0 Å². The molecule has 0 N–H and O–H groups in total. The molecule has 2 aliphatic rings. The normalized spacial score (nSPS) is 17.2. The van der Waals surface area contributed by atoms with E-state index in [2.05, 4.69) is 37.3 Å². The Kier molecular flexibility index (Phi) is 3.33. The first-order valence-corrected chi connectivity index (χ1v) is 8.57. The Morgan fingerprint density at radius 3 is 2.14 bits per heavy atom. The van der Waals surface area contributed by atoms with Crippen LogP contribution in [0.4, 0.5) is 0 Å². The van der Waals surface area contributed by atoms with Crippen LogP contribution in [0.25, 0.3) is 11.1 Å². The van der Waals surface area contributed by atoms with E-state index in [1.165, 1.54) is 56.9 Å². The van der Waals surface area contributed by atoms with Crippen LogP contribution in [-0.2, 0) is 25.7 Å². The maximum atomic E-state index is 2.38. The van der Waals surface area contributed by atoms with Crippen molar-refractivity contribution in [2.24, 2.45) is 0 Å². The van der Waals surface area contributed by atoms with Gasteiger partial charge < -0.3 is 0 Å². The molecule has 0 saturated carbocycles. The van der Waals surface area contributed by atoms with E-state index in [9.17, 15) is 0 Å². The zero-order chi connectivity index (χ0) is 14.2. The smallest absolute Gasteiger partial charge is 0.0117 e. The summed E-state index contributed by atoms with van der Waals surface area (Å²) < 4.78 is 0. The van der Waals surface area contributed by atoms with Gasteiger partial charge in [0.25, 0.3) is 0 Å². The zero-order valence-electron chi connectivity index (χ0n) is 13.0. The highest BCUT2D eigenvalue weighted by molar-refractivity contribution is 5.76. The van der Waals surface area contributed by atoms with Crippen LogP contribution in [-0.4, -0.2) is 0 Å². The van der Waals surface area contributed by atoms with Crippen LogP contribution in [0.2, 0.25) is 0 Å². The molecular formula is C21H24. The monoisotopic (exact) mass is 276 g/mol. The van der Waals surface area contributed by atoms with Gasteiger partial charge in [-0.3, -0.25) is 0 Å². The van der Waals surface area contributed by atoms with E-state index < -0.39 is 0 Å². The maximum absolute atomic E-state index is 2.38. The van der Waals surface area contributed by atoms with Crippen molar-refractivity contribution in [3.8, 4) is 11.1 Å². The highest BCUT2D eigenvalue weighted by atomic mass is 14.2. The van der Waals surface area contributed by atoms with Crippen molar-refractivity contribution >= 4 is 0 Å². The Bertz CT molecular complexity index is 679. The fourth-order valence-electron chi connectivity index (χ4n) is 4.34. The summed E-state index contributed by atoms with van der Waals surface area (Å²) in [4.78, 5) is 0. The molecule has 0 heteroatoms. The SMILES string of the molecule is Cc1ccc2c(c1-c1cccc3c1CCCC3)CCCC2. The standard InChI is InChI=1S/C21H24/c1-15-13-14-17-8-3-5-11-19(17)21(15)20-12-6-9-16-7-2-4-10-18(16)20/h6,9,12-14H,2-5,7-8,10-11H2,1H3. The number of hydrogen-bond acceptors (Lipinski definition) is 0.